The van der Waals surface area contributed by atoms with Crippen molar-refractivity contribution in [3.8, 4) is 5.75 Å². The van der Waals surface area contributed by atoms with Crippen LogP contribution in [0.25, 0.3) is 0 Å². The van der Waals surface area contributed by atoms with E-state index in [2.05, 4.69) is 12.3 Å². The number of aryl methyl sites for hydroxylation is 2. The Hall–Kier alpha value is -0.670. The SMILES string of the molecule is COc1cc(C)cc(C)c1C(O)CCCSC. The van der Waals surface area contributed by atoms with E-state index in [-0.39, 0.29) is 0 Å². The van der Waals surface area contributed by atoms with Gasteiger partial charge in [-0.3, -0.25) is 0 Å². The lowest BCUT2D eigenvalue weighted by atomic mass is 9.97. The number of aliphatic hydroxyl groups is 1. The van der Waals surface area contributed by atoms with Crippen LogP contribution >= 0.6 is 11.8 Å². The molecule has 1 aromatic carbocycles. The van der Waals surface area contributed by atoms with Crippen LogP contribution in [0, 0.1) is 13.8 Å². The molecule has 0 aromatic heterocycles. The van der Waals surface area contributed by atoms with Gasteiger partial charge in [0.2, 0.25) is 0 Å². The normalized spacial score (nSPS) is 12.5. The van der Waals surface area contributed by atoms with Crippen LogP contribution in [0.2, 0.25) is 0 Å². The molecule has 17 heavy (non-hydrogen) atoms. The Morgan fingerprint density at radius 2 is 2.06 bits per heavy atom. The summed E-state index contributed by atoms with van der Waals surface area (Å²) in [7, 11) is 1.66. The quantitative estimate of drug-likeness (QED) is 0.788. The Morgan fingerprint density at radius 3 is 2.65 bits per heavy atom. The van der Waals surface area contributed by atoms with E-state index >= 15 is 0 Å². The summed E-state index contributed by atoms with van der Waals surface area (Å²) in [6, 6.07) is 4.08. The fraction of sp³-hybridized carbons (Fsp3) is 0.571. The average Bonchev–Trinajstić information content (AvgIpc) is 2.27. The van der Waals surface area contributed by atoms with Crippen molar-refractivity contribution in [3.05, 3.63) is 28.8 Å². The van der Waals surface area contributed by atoms with E-state index in [1.54, 1.807) is 7.11 Å². The van der Waals surface area contributed by atoms with Crippen molar-refractivity contribution in [2.24, 2.45) is 0 Å². The highest BCUT2D eigenvalue weighted by Gasteiger charge is 2.16. The van der Waals surface area contributed by atoms with E-state index in [1.165, 1.54) is 5.56 Å². The minimum Gasteiger partial charge on any atom is -0.496 e. The highest BCUT2D eigenvalue weighted by atomic mass is 32.2. The molecule has 0 saturated heterocycles. The number of thioether (sulfide) groups is 1. The third-order valence-electron chi connectivity index (χ3n) is 2.87. The van der Waals surface area contributed by atoms with E-state index in [9.17, 15) is 5.11 Å². The molecule has 0 heterocycles. The van der Waals surface area contributed by atoms with Crippen molar-refractivity contribution in [2.75, 3.05) is 19.1 Å². The van der Waals surface area contributed by atoms with Crippen molar-refractivity contribution < 1.29 is 9.84 Å². The van der Waals surface area contributed by atoms with Gasteiger partial charge in [0.15, 0.2) is 0 Å². The van der Waals surface area contributed by atoms with Crippen molar-refractivity contribution in [1.29, 1.82) is 0 Å². The predicted octanol–water partition coefficient (Wildman–Crippen LogP) is 3.49. The predicted molar refractivity (Wildman–Crippen MR) is 75.0 cm³/mol. The highest BCUT2D eigenvalue weighted by Crippen LogP contribution is 2.32. The molecule has 0 aliphatic carbocycles. The maximum Gasteiger partial charge on any atom is 0.125 e. The van der Waals surface area contributed by atoms with Gasteiger partial charge in [-0.1, -0.05) is 6.07 Å². The summed E-state index contributed by atoms with van der Waals surface area (Å²) < 4.78 is 5.37. The van der Waals surface area contributed by atoms with Crippen molar-refractivity contribution in [3.63, 3.8) is 0 Å². The summed E-state index contributed by atoms with van der Waals surface area (Å²) in [5.41, 5.74) is 3.22. The van der Waals surface area contributed by atoms with Crippen LogP contribution < -0.4 is 4.74 Å². The van der Waals surface area contributed by atoms with E-state index in [0.29, 0.717) is 0 Å². The van der Waals surface area contributed by atoms with Crippen LogP contribution in [0.5, 0.6) is 5.75 Å². The maximum atomic E-state index is 10.2. The molecular formula is C14H22O2S. The summed E-state index contributed by atoms with van der Waals surface area (Å²) in [4.78, 5) is 0. The van der Waals surface area contributed by atoms with Crippen LogP contribution in [0.15, 0.2) is 12.1 Å². The molecule has 0 aliphatic heterocycles. The second kappa shape index (κ2) is 6.92. The molecule has 0 radical (unpaired) electrons. The minimum absolute atomic E-state index is 0.419. The molecule has 0 aliphatic rings. The molecule has 0 fully saturated rings. The molecule has 0 amide bonds. The summed E-state index contributed by atoms with van der Waals surface area (Å²) in [5.74, 6) is 1.89. The summed E-state index contributed by atoms with van der Waals surface area (Å²) in [6.07, 6.45) is 3.49. The topological polar surface area (TPSA) is 29.5 Å². The van der Waals surface area contributed by atoms with Gasteiger partial charge in [0, 0.05) is 5.56 Å². The van der Waals surface area contributed by atoms with Gasteiger partial charge in [-0.15, -0.1) is 0 Å². The number of aliphatic hydroxyl groups excluding tert-OH is 1. The zero-order valence-electron chi connectivity index (χ0n) is 11.1. The number of ether oxygens (including phenoxy) is 1. The molecule has 2 nitrogen and oxygen atoms in total. The number of rotatable bonds is 6. The fourth-order valence-electron chi connectivity index (χ4n) is 2.10. The third-order valence-corrected chi connectivity index (χ3v) is 3.57. The van der Waals surface area contributed by atoms with Crippen molar-refractivity contribution in [2.45, 2.75) is 32.8 Å². The zero-order chi connectivity index (χ0) is 12.8. The molecule has 0 saturated carbocycles. The molecule has 1 aromatic rings. The fourth-order valence-corrected chi connectivity index (χ4v) is 2.56. The number of methoxy groups -OCH3 is 1. The van der Waals surface area contributed by atoms with Gasteiger partial charge < -0.3 is 9.84 Å². The van der Waals surface area contributed by atoms with Crippen LogP contribution in [0.1, 0.15) is 35.6 Å². The highest BCUT2D eigenvalue weighted by molar-refractivity contribution is 7.98. The third kappa shape index (κ3) is 3.93. The number of benzene rings is 1. The van der Waals surface area contributed by atoms with Crippen LogP contribution in [-0.4, -0.2) is 24.2 Å². The Morgan fingerprint density at radius 1 is 1.35 bits per heavy atom. The van der Waals surface area contributed by atoms with Crippen molar-refractivity contribution in [1.82, 2.24) is 0 Å². The second-order valence-electron chi connectivity index (χ2n) is 4.35. The molecule has 1 rings (SSSR count). The average molecular weight is 254 g/mol. The largest absolute Gasteiger partial charge is 0.496 e. The van der Waals surface area contributed by atoms with Gasteiger partial charge in [-0.25, -0.2) is 0 Å². The van der Waals surface area contributed by atoms with E-state index in [4.69, 9.17) is 4.74 Å². The van der Waals surface area contributed by atoms with Gasteiger partial charge in [0.25, 0.3) is 0 Å². The van der Waals surface area contributed by atoms with E-state index in [0.717, 1.165) is 35.5 Å². The van der Waals surface area contributed by atoms with Gasteiger partial charge in [0.05, 0.1) is 13.2 Å². The van der Waals surface area contributed by atoms with Crippen LogP contribution in [0.3, 0.4) is 0 Å². The molecular weight excluding hydrogens is 232 g/mol. The van der Waals surface area contributed by atoms with E-state index < -0.39 is 6.10 Å². The first kappa shape index (κ1) is 14.4. The standard InChI is InChI=1S/C14H22O2S/c1-10-8-11(2)14(13(9-10)16-3)12(15)6-5-7-17-4/h8-9,12,15H,5-7H2,1-4H3. The minimum atomic E-state index is -0.419. The lowest BCUT2D eigenvalue weighted by molar-refractivity contribution is 0.162. The lowest BCUT2D eigenvalue weighted by Crippen LogP contribution is -2.04. The summed E-state index contributed by atoms with van der Waals surface area (Å²) in [6.45, 7) is 4.07. The number of hydrogen-bond acceptors (Lipinski definition) is 3. The first-order chi connectivity index (χ1) is 8.10. The maximum absolute atomic E-state index is 10.2. The monoisotopic (exact) mass is 254 g/mol. The Kier molecular flexibility index (Phi) is 5.86. The number of hydrogen-bond donors (Lipinski definition) is 1. The van der Waals surface area contributed by atoms with Gasteiger partial charge in [0.1, 0.15) is 5.75 Å². The summed E-state index contributed by atoms with van der Waals surface area (Å²) >= 11 is 1.81. The van der Waals surface area contributed by atoms with Crippen molar-refractivity contribution >= 4 is 11.8 Å². The molecule has 3 heteroatoms. The van der Waals surface area contributed by atoms with Crippen LogP contribution in [-0.2, 0) is 0 Å². The Bertz CT molecular complexity index is 363. The van der Waals surface area contributed by atoms with Gasteiger partial charge >= 0.3 is 0 Å². The Balaban J connectivity index is 2.87. The molecule has 1 unspecified atom stereocenters. The van der Waals surface area contributed by atoms with E-state index in [1.807, 2.05) is 31.7 Å². The summed E-state index contributed by atoms with van der Waals surface area (Å²) in [5, 5.41) is 10.2. The molecule has 1 atom stereocenters. The first-order valence-corrected chi connectivity index (χ1v) is 7.31. The first-order valence-electron chi connectivity index (χ1n) is 5.92. The zero-order valence-corrected chi connectivity index (χ0v) is 11.9. The second-order valence-corrected chi connectivity index (χ2v) is 5.33. The molecule has 1 N–H and O–H groups in total. The van der Waals surface area contributed by atoms with Gasteiger partial charge in [-0.2, -0.15) is 11.8 Å². The lowest BCUT2D eigenvalue weighted by Gasteiger charge is -2.18. The Labute approximate surface area is 108 Å². The van der Waals surface area contributed by atoms with Crippen LogP contribution in [0.4, 0.5) is 0 Å². The smallest absolute Gasteiger partial charge is 0.125 e. The molecule has 96 valence electrons. The molecule has 0 spiro atoms. The van der Waals surface area contributed by atoms with Gasteiger partial charge in [-0.05, 0) is 55.9 Å². The molecule has 0 bridgehead atoms.